The molecule has 2 aliphatic rings. The van der Waals surface area contributed by atoms with Crippen LogP contribution >= 0.6 is 0 Å². The Hall–Kier alpha value is -0.120. The van der Waals surface area contributed by atoms with Crippen molar-refractivity contribution in [2.75, 3.05) is 19.8 Å². The Morgan fingerprint density at radius 1 is 1.00 bits per heavy atom. The van der Waals surface area contributed by atoms with Crippen LogP contribution < -0.4 is 0 Å². The first-order valence-electron chi connectivity index (χ1n) is 6.76. The van der Waals surface area contributed by atoms with Crippen molar-refractivity contribution in [2.24, 2.45) is 0 Å². The fourth-order valence-electron chi connectivity index (χ4n) is 2.87. The largest absolute Gasteiger partial charge is 0.353 e. The molecule has 0 aliphatic carbocycles. The Kier molecular flexibility index (Phi) is 4.62. The van der Waals surface area contributed by atoms with Gasteiger partial charge in [0, 0.05) is 25.0 Å². The molecule has 0 N–H and O–H groups in total. The van der Waals surface area contributed by atoms with Gasteiger partial charge in [-0.15, -0.1) is 0 Å². The molecule has 3 heteroatoms. The Morgan fingerprint density at radius 2 is 1.62 bits per heavy atom. The first-order chi connectivity index (χ1) is 7.77. The second-order valence-corrected chi connectivity index (χ2v) is 5.18. The van der Waals surface area contributed by atoms with Crippen LogP contribution in [0.4, 0.5) is 0 Å². The molecule has 0 amide bonds. The smallest absolute Gasteiger partial charge is 0.158 e. The van der Waals surface area contributed by atoms with Crippen LogP contribution in [0.3, 0.4) is 0 Å². The highest BCUT2D eigenvalue weighted by Crippen LogP contribution is 2.23. The summed E-state index contributed by atoms with van der Waals surface area (Å²) in [7, 11) is 0. The van der Waals surface area contributed by atoms with Crippen molar-refractivity contribution in [3.8, 4) is 0 Å². The molecule has 2 fully saturated rings. The van der Waals surface area contributed by atoms with Gasteiger partial charge in [-0.3, -0.25) is 4.90 Å². The number of hydrogen-bond donors (Lipinski definition) is 0. The molecular formula is C13H25NO2. The molecule has 0 saturated carbocycles. The lowest BCUT2D eigenvalue weighted by molar-refractivity contribution is -0.184. The zero-order valence-electron chi connectivity index (χ0n) is 10.7. The molecule has 0 aromatic heterocycles. The number of likely N-dealkylation sites (tertiary alicyclic amines) is 1. The number of rotatable bonds is 3. The molecule has 2 saturated heterocycles. The summed E-state index contributed by atoms with van der Waals surface area (Å²) in [6.45, 7) is 7.55. The summed E-state index contributed by atoms with van der Waals surface area (Å²) >= 11 is 0. The molecule has 2 heterocycles. The third-order valence-corrected chi connectivity index (χ3v) is 3.90. The van der Waals surface area contributed by atoms with Gasteiger partial charge >= 0.3 is 0 Å². The molecule has 2 rings (SSSR count). The fraction of sp³-hybridized carbons (Fsp3) is 1.00. The molecule has 0 bridgehead atoms. The lowest BCUT2D eigenvalue weighted by Gasteiger charge is -2.39. The van der Waals surface area contributed by atoms with Gasteiger partial charge in [0.15, 0.2) is 6.29 Å². The quantitative estimate of drug-likeness (QED) is 0.739. The number of piperidine rings is 1. The minimum Gasteiger partial charge on any atom is -0.353 e. The highest BCUT2D eigenvalue weighted by Gasteiger charge is 2.25. The van der Waals surface area contributed by atoms with E-state index in [0.717, 1.165) is 44.7 Å². The van der Waals surface area contributed by atoms with Gasteiger partial charge in [-0.25, -0.2) is 0 Å². The zero-order valence-corrected chi connectivity index (χ0v) is 10.7. The van der Waals surface area contributed by atoms with E-state index in [9.17, 15) is 0 Å². The van der Waals surface area contributed by atoms with Gasteiger partial charge in [0.2, 0.25) is 0 Å². The fourth-order valence-corrected chi connectivity index (χ4v) is 2.87. The average molecular weight is 227 g/mol. The van der Waals surface area contributed by atoms with Gasteiger partial charge in [-0.05, 0) is 33.1 Å². The van der Waals surface area contributed by atoms with Gasteiger partial charge in [0.25, 0.3) is 0 Å². The third kappa shape index (κ3) is 3.19. The maximum absolute atomic E-state index is 5.59. The molecule has 2 atom stereocenters. The number of ether oxygens (including phenoxy) is 2. The van der Waals surface area contributed by atoms with Crippen LogP contribution in [0.1, 0.15) is 46.0 Å². The topological polar surface area (TPSA) is 21.7 Å². The van der Waals surface area contributed by atoms with Crippen LogP contribution in [0.2, 0.25) is 0 Å². The Labute approximate surface area is 99.1 Å². The summed E-state index contributed by atoms with van der Waals surface area (Å²) < 4.78 is 11.2. The van der Waals surface area contributed by atoms with Gasteiger partial charge in [-0.1, -0.05) is 6.42 Å². The second kappa shape index (κ2) is 5.99. The normalized spacial score (nSPS) is 34.1. The highest BCUT2D eigenvalue weighted by molar-refractivity contribution is 4.79. The molecule has 0 aromatic rings. The molecule has 94 valence electrons. The molecule has 3 nitrogen and oxygen atoms in total. The van der Waals surface area contributed by atoms with Gasteiger partial charge in [0.1, 0.15) is 0 Å². The molecule has 0 aromatic carbocycles. The maximum Gasteiger partial charge on any atom is 0.158 e. The van der Waals surface area contributed by atoms with Crippen molar-refractivity contribution < 1.29 is 9.47 Å². The average Bonchev–Trinajstić information content (AvgIpc) is 2.30. The predicted molar refractivity (Wildman–Crippen MR) is 64.4 cm³/mol. The van der Waals surface area contributed by atoms with Crippen molar-refractivity contribution in [3.05, 3.63) is 0 Å². The van der Waals surface area contributed by atoms with Gasteiger partial charge in [-0.2, -0.15) is 0 Å². The standard InChI is InChI=1S/C13H25NO2/c1-11-5-3-6-12(2)14(11)8-7-13-15-9-4-10-16-13/h11-13H,3-10H2,1-2H3. The summed E-state index contributed by atoms with van der Waals surface area (Å²) in [6.07, 6.45) is 6.19. The second-order valence-electron chi connectivity index (χ2n) is 5.18. The summed E-state index contributed by atoms with van der Waals surface area (Å²) in [6, 6.07) is 1.46. The minimum absolute atomic E-state index is 0.0510. The molecule has 0 spiro atoms. The van der Waals surface area contributed by atoms with Crippen molar-refractivity contribution in [3.63, 3.8) is 0 Å². The Balaban J connectivity index is 1.74. The SMILES string of the molecule is CC1CCCC(C)N1CCC1OCCCO1. The minimum atomic E-state index is 0.0510. The first kappa shape index (κ1) is 12.3. The van der Waals surface area contributed by atoms with Crippen LogP contribution in [0.15, 0.2) is 0 Å². The van der Waals surface area contributed by atoms with E-state index in [0.29, 0.717) is 0 Å². The van der Waals surface area contributed by atoms with Crippen LogP contribution in [0.25, 0.3) is 0 Å². The van der Waals surface area contributed by atoms with Crippen molar-refractivity contribution in [1.29, 1.82) is 0 Å². The van der Waals surface area contributed by atoms with E-state index in [1.54, 1.807) is 0 Å². The van der Waals surface area contributed by atoms with E-state index >= 15 is 0 Å². The van der Waals surface area contributed by atoms with Crippen LogP contribution in [-0.2, 0) is 9.47 Å². The molecular weight excluding hydrogens is 202 g/mol. The van der Waals surface area contributed by atoms with E-state index in [4.69, 9.17) is 9.47 Å². The zero-order chi connectivity index (χ0) is 11.4. The summed E-state index contributed by atoms with van der Waals surface area (Å²) in [5, 5.41) is 0. The van der Waals surface area contributed by atoms with Gasteiger partial charge in [0.05, 0.1) is 13.2 Å². The molecule has 16 heavy (non-hydrogen) atoms. The number of nitrogens with zero attached hydrogens (tertiary/aromatic N) is 1. The van der Waals surface area contributed by atoms with E-state index in [1.165, 1.54) is 19.3 Å². The summed E-state index contributed by atoms with van der Waals surface area (Å²) in [5.74, 6) is 0. The van der Waals surface area contributed by atoms with Crippen LogP contribution in [0.5, 0.6) is 0 Å². The Morgan fingerprint density at radius 3 is 2.25 bits per heavy atom. The van der Waals surface area contributed by atoms with E-state index in [1.807, 2.05) is 0 Å². The first-order valence-corrected chi connectivity index (χ1v) is 6.76. The monoisotopic (exact) mass is 227 g/mol. The van der Waals surface area contributed by atoms with Crippen LogP contribution in [-0.4, -0.2) is 43.0 Å². The highest BCUT2D eigenvalue weighted by atomic mass is 16.7. The lowest BCUT2D eigenvalue weighted by Crippen LogP contribution is -2.45. The molecule has 2 unspecified atom stereocenters. The number of hydrogen-bond acceptors (Lipinski definition) is 3. The summed E-state index contributed by atoms with van der Waals surface area (Å²) in [4.78, 5) is 2.62. The van der Waals surface area contributed by atoms with Crippen molar-refractivity contribution in [2.45, 2.75) is 64.3 Å². The summed E-state index contributed by atoms with van der Waals surface area (Å²) in [5.41, 5.74) is 0. The van der Waals surface area contributed by atoms with E-state index in [-0.39, 0.29) is 6.29 Å². The van der Waals surface area contributed by atoms with Crippen molar-refractivity contribution in [1.82, 2.24) is 4.90 Å². The third-order valence-electron chi connectivity index (χ3n) is 3.90. The van der Waals surface area contributed by atoms with E-state index in [2.05, 4.69) is 18.7 Å². The predicted octanol–water partition coefficient (Wildman–Crippen LogP) is 2.40. The molecule has 0 radical (unpaired) electrons. The Bertz CT molecular complexity index is 194. The van der Waals surface area contributed by atoms with E-state index < -0.39 is 0 Å². The van der Waals surface area contributed by atoms with Gasteiger partial charge < -0.3 is 9.47 Å². The maximum atomic E-state index is 5.59. The molecule has 2 aliphatic heterocycles. The van der Waals surface area contributed by atoms with Crippen molar-refractivity contribution >= 4 is 0 Å². The van der Waals surface area contributed by atoms with Crippen LogP contribution in [0, 0.1) is 0 Å². The lowest BCUT2D eigenvalue weighted by atomic mass is 9.97.